The topological polar surface area (TPSA) is 144 Å². The number of piperazine rings is 1. The number of aryl methyl sites for hydroxylation is 1. The third-order valence-electron chi connectivity index (χ3n) is 5.82. The van der Waals surface area contributed by atoms with Gasteiger partial charge in [0.2, 0.25) is 0 Å². The van der Waals surface area contributed by atoms with Gasteiger partial charge >= 0.3 is 12.1 Å². The molecule has 5 heterocycles. The number of pyridine rings is 1. The maximum Gasteiger partial charge on any atom is 0.490 e. The lowest BCUT2D eigenvalue weighted by molar-refractivity contribution is -0.192. The van der Waals surface area contributed by atoms with Gasteiger partial charge in [-0.05, 0) is 24.2 Å². The number of hydrogen-bond acceptors (Lipinski definition) is 10. The van der Waals surface area contributed by atoms with Crippen molar-refractivity contribution in [1.29, 1.82) is 0 Å². The average molecular weight is 585 g/mol. The number of carbonyl (C=O) groups is 1. The van der Waals surface area contributed by atoms with E-state index in [9.17, 15) is 18.3 Å². The van der Waals surface area contributed by atoms with Crippen molar-refractivity contribution in [2.75, 3.05) is 44.2 Å². The van der Waals surface area contributed by atoms with Gasteiger partial charge in [-0.2, -0.15) is 13.2 Å². The van der Waals surface area contributed by atoms with Crippen molar-refractivity contribution < 1.29 is 28.2 Å². The summed E-state index contributed by atoms with van der Waals surface area (Å²) >= 11 is 8.17. The highest BCUT2D eigenvalue weighted by Gasteiger charge is 2.38. The summed E-state index contributed by atoms with van der Waals surface area (Å²) in [7, 11) is 0. The van der Waals surface area contributed by atoms with E-state index in [1.165, 1.54) is 11.8 Å². The largest absolute Gasteiger partial charge is 0.490 e. The highest BCUT2D eigenvalue weighted by atomic mass is 35.5. The number of fused-ring (bicyclic) bond motifs is 2. The summed E-state index contributed by atoms with van der Waals surface area (Å²) in [5.41, 5.74) is 3.04. The maximum atomic E-state index is 10.6. The van der Waals surface area contributed by atoms with Gasteiger partial charge in [-0.25, -0.2) is 24.7 Å². The molecule has 5 rings (SSSR count). The molecule has 16 heteroatoms. The number of alkyl halides is 3. The van der Waals surface area contributed by atoms with Crippen LogP contribution in [-0.2, 0) is 11.2 Å². The number of carboxylic acid groups (broad SMARTS) is 1. The molecule has 0 unspecified atom stereocenters. The number of aliphatic hydroxyl groups excluding tert-OH is 1. The second kappa shape index (κ2) is 12.3. The maximum absolute atomic E-state index is 10.6. The summed E-state index contributed by atoms with van der Waals surface area (Å²) in [6.07, 6.45) is 0.755. The number of anilines is 1. The zero-order chi connectivity index (χ0) is 28.2. The Hall–Kier alpha value is -3.27. The quantitative estimate of drug-likeness (QED) is 0.287. The van der Waals surface area contributed by atoms with Gasteiger partial charge in [0.1, 0.15) is 17.0 Å². The van der Waals surface area contributed by atoms with Crippen LogP contribution in [0.25, 0.3) is 22.2 Å². The van der Waals surface area contributed by atoms with Crippen molar-refractivity contribution >= 4 is 57.3 Å². The Morgan fingerprint density at radius 1 is 1.15 bits per heavy atom. The third kappa shape index (κ3) is 6.84. The van der Waals surface area contributed by atoms with Crippen LogP contribution < -0.4 is 4.90 Å². The van der Waals surface area contributed by atoms with Crippen LogP contribution >= 0.6 is 23.4 Å². The molecule has 3 N–H and O–H groups in total. The average Bonchev–Trinajstić information content (AvgIpc) is 3.24. The van der Waals surface area contributed by atoms with E-state index in [1.807, 2.05) is 6.07 Å². The molecule has 0 saturated carbocycles. The molecule has 0 radical (unpaired) electrons. The van der Waals surface area contributed by atoms with Crippen LogP contribution in [0.3, 0.4) is 0 Å². The summed E-state index contributed by atoms with van der Waals surface area (Å²) in [4.78, 5) is 40.3. The van der Waals surface area contributed by atoms with Crippen molar-refractivity contribution in [2.45, 2.75) is 29.6 Å². The van der Waals surface area contributed by atoms with Crippen LogP contribution in [0.1, 0.15) is 12.6 Å². The van der Waals surface area contributed by atoms with Gasteiger partial charge in [0, 0.05) is 61.9 Å². The second-order valence-corrected chi connectivity index (χ2v) is 9.77. The molecule has 0 amide bonds. The Morgan fingerprint density at radius 2 is 1.85 bits per heavy atom. The van der Waals surface area contributed by atoms with E-state index < -0.39 is 12.1 Å². The molecule has 0 bridgehead atoms. The molecular weight excluding hydrogens is 561 g/mol. The van der Waals surface area contributed by atoms with E-state index in [0.717, 1.165) is 65.6 Å². The molecule has 208 valence electrons. The van der Waals surface area contributed by atoms with E-state index in [-0.39, 0.29) is 6.61 Å². The predicted molar refractivity (Wildman–Crippen MR) is 139 cm³/mol. The monoisotopic (exact) mass is 584 g/mol. The Labute approximate surface area is 229 Å². The molecule has 39 heavy (non-hydrogen) atoms. The fourth-order valence-electron chi connectivity index (χ4n) is 3.91. The molecule has 1 aliphatic rings. The first-order valence-corrected chi connectivity index (χ1v) is 13.0. The minimum atomic E-state index is -5.08. The number of aliphatic hydroxyl groups is 1. The minimum absolute atomic E-state index is 0.173. The Bertz CT molecular complexity index is 1460. The molecule has 1 saturated heterocycles. The molecule has 4 aromatic heterocycles. The van der Waals surface area contributed by atoms with Crippen LogP contribution in [0.15, 0.2) is 34.7 Å². The highest BCUT2D eigenvalue weighted by Crippen LogP contribution is 2.37. The van der Waals surface area contributed by atoms with Crippen LogP contribution in [-0.4, -0.2) is 96.5 Å². The molecular formula is C23H24ClF3N8O3S. The number of carboxylic acids is 1. The summed E-state index contributed by atoms with van der Waals surface area (Å²) in [5.74, 6) is -1.91. The number of nitrogens with zero attached hydrogens (tertiary/aromatic N) is 7. The van der Waals surface area contributed by atoms with E-state index in [1.54, 1.807) is 18.6 Å². The summed E-state index contributed by atoms with van der Waals surface area (Å²) in [6.45, 7) is 6.28. The van der Waals surface area contributed by atoms with Gasteiger partial charge in [0.15, 0.2) is 10.8 Å². The molecule has 1 fully saturated rings. The fraction of sp³-hybridized carbons (Fsp3) is 0.391. The smallest absolute Gasteiger partial charge is 0.475 e. The minimum Gasteiger partial charge on any atom is -0.475 e. The van der Waals surface area contributed by atoms with Gasteiger partial charge in [-0.1, -0.05) is 18.5 Å². The molecule has 0 spiro atoms. The SMILES string of the molecule is CCc1[nH]c2nc(Sc3cnc4nccnc4c3)nc(N3CCN(CCO)CC3)c2c1Cl.O=C(O)C(F)(F)F. The summed E-state index contributed by atoms with van der Waals surface area (Å²) in [6, 6.07) is 1.94. The summed E-state index contributed by atoms with van der Waals surface area (Å²) < 4.78 is 31.7. The molecule has 0 atom stereocenters. The third-order valence-corrected chi connectivity index (χ3v) is 7.06. The number of rotatable bonds is 6. The molecule has 11 nitrogen and oxygen atoms in total. The first-order chi connectivity index (χ1) is 18.6. The fourth-order valence-corrected chi connectivity index (χ4v) is 5.02. The Balaban J connectivity index is 0.000000448. The predicted octanol–water partition coefficient (Wildman–Crippen LogP) is 3.41. The highest BCUT2D eigenvalue weighted by molar-refractivity contribution is 7.99. The second-order valence-electron chi connectivity index (χ2n) is 8.35. The van der Waals surface area contributed by atoms with Crippen LogP contribution in [0.2, 0.25) is 5.02 Å². The molecule has 1 aliphatic heterocycles. The van der Waals surface area contributed by atoms with E-state index in [4.69, 9.17) is 31.5 Å². The lowest BCUT2D eigenvalue weighted by Crippen LogP contribution is -2.47. The Morgan fingerprint density at radius 3 is 2.49 bits per heavy atom. The van der Waals surface area contributed by atoms with Gasteiger partial charge in [-0.3, -0.25) is 9.88 Å². The van der Waals surface area contributed by atoms with E-state index in [0.29, 0.717) is 22.4 Å². The zero-order valence-corrected chi connectivity index (χ0v) is 22.2. The van der Waals surface area contributed by atoms with Crippen LogP contribution in [0, 0.1) is 0 Å². The van der Waals surface area contributed by atoms with E-state index >= 15 is 0 Å². The van der Waals surface area contributed by atoms with Crippen molar-refractivity contribution in [1.82, 2.24) is 34.8 Å². The lowest BCUT2D eigenvalue weighted by Gasteiger charge is -2.35. The number of aromatic amines is 1. The number of aromatic nitrogens is 6. The van der Waals surface area contributed by atoms with Gasteiger partial charge < -0.3 is 20.1 Å². The standard InChI is InChI=1S/C21H23ClN8OS.C2HF3O2/c1-2-14-17(22)16-19(26-14)27-21(28-20(16)30-7-5-29(6-8-30)9-10-31)32-13-11-15-18(25-12-13)24-4-3-23-15;3-2(4,5)1(6)7/h3-4,11-12,31H,2,5-10H2,1H3,(H,26,27,28);(H,6,7). The molecule has 0 aliphatic carbocycles. The first kappa shape index (κ1) is 28.7. The number of aliphatic carboxylic acids is 1. The zero-order valence-electron chi connectivity index (χ0n) is 20.6. The molecule has 0 aromatic carbocycles. The number of H-pyrrole nitrogens is 1. The normalized spacial score (nSPS) is 14.5. The lowest BCUT2D eigenvalue weighted by atomic mass is 10.2. The van der Waals surface area contributed by atoms with Gasteiger partial charge in [0.25, 0.3) is 0 Å². The van der Waals surface area contributed by atoms with Crippen molar-refractivity contribution in [3.05, 3.63) is 35.4 Å². The van der Waals surface area contributed by atoms with Crippen molar-refractivity contribution in [2.24, 2.45) is 0 Å². The number of β-amino-alcohol motifs (C(OH)–C–C–N with tert-alkyl or cyclic N) is 1. The number of halogens is 4. The number of hydrogen-bond donors (Lipinski definition) is 3. The van der Waals surface area contributed by atoms with Crippen molar-refractivity contribution in [3.8, 4) is 0 Å². The van der Waals surface area contributed by atoms with Crippen LogP contribution in [0.4, 0.5) is 19.0 Å². The van der Waals surface area contributed by atoms with E-state index in [2.05, 4.69) is 36.7 Å². The Kier molecular flexibility index (Phi) is 9.04. The first-order valence-electron chi connectivity index (χ1n) is 11.8. The number of nitrogens with one attached hydrogen (secondary N) is 1. The molecule has 4 aromatic rings. The van der Waals surface area contributed by atoms with Gasteiger partial charge in [-0.15, -0.1) is 0 Å². The van der Waals surface area contributed by atoms with Crippen LogP contribution in [0.5, 0.6) is 0 Å². The van der Waals surface area contributed by atoms with Gasteiger partial charge in [0.05, 0.1) is 17.0 Å². The summed E-state index contributed by atoms with van der Waals surface area (Å²) in [5, 5.41) is 18.5. The van der Waals surface area contributed by atoms with Crippen molar-refractivity contribution in [3.63, 3.8) is 0 Å².